The van der Waals surface area contributed by atoms with Gasteiger partial charge >= 0.3 is 6.03 Å². The number of benzene rings is 2. The molecule has 0 radical (unpaired) electrons. The van der Waals surface area contributed by atoms with Gasteiger partial charge in [-0.15, -0.1) is 0 Å². The first-order valence-electron chi connectivity index (χ1n) is 6.49. The highest BCUT2D eigenvalue weighted by molar-refractivity contribution is 6.36. The zero-order chi connectivity index (χ0) is 16.8. The number of hydrogen-bond donors (Lipinski definition) is 3. The number of rotatable bonds is 4. The Labute approximate surface area is 141 Å². The van der Waals surface area contributed by atoms with Crippen molar-refractivity contribution in [1.29, 1.82) is 0 Å². The van der Waals surface area contributed by atoms with Crippen molar-refractivity contribution in [3.63, 3.8) is 0 Å². The lowest BCUT2D eigenvalue weighted by atomic mass is 10.3. The van der Waals surface area contributed by atoms with Gasteiger partial charge in [0.1, 0.15) is 5.82 Å². The average Bonchev–Trinajstić information content (AvgIpc) is 2.48. The molecule has 8 heteroatoms. The van der Waals surface area contributed by atoms with Crippen molar-refractivity contribution < 1.29 is 14.0 Å². The van der Waals surface area contributed by atoms with Crippen LogP contribution in [0.4, 0.5) is 20.6 Å². The molecule has 0 saturated heterocycles. The second-order valence-corrected chi connectivity index (χ2v) is 5.33. The van der Waals surface area contributed by atoms with E-state index in [1.807, 2.05) is 0 Å². The van der Waals surface area contributed by atoms with Gasteiger partial charge in [0.25, 0.3) is 0 Å². The number of nitrogens with one attached hydrogen (secondary N) is 3. The molecule has 0 aliphatic rings. The fourth-order valence-corrected chi connectivity index (χ4v) is 2.15. The molecule has 0 atom stereocenters. The number of anilines is 2. The van der Waals surface area contributed by atoms with Crippen molar-refractivity contribution >= 4 is 46.5 Å². The molecule has 0 spiro atoms. The summed E-state index contributed by atoms with van der Waals surface area (Å²) in [6.45, 7) is -0.284. The van der Waals surface area contributed by atoms with Crippen molar-refractivity contribution in [1.82, 2.24) is 5.32 Å². The van der Waals surface area contributed by atoms with Crippen LogP contribution < -0.4 is 16.0 Å². The highest BCUT2D eigenvalue weighted by atomic mass is 35.5. The molecule has 2 rings (SSSR count). The van der Waals surface area contributed by atoms with Crippen molar-refractivity contribution in [3.8, 4) is 0 Å². The lowest BCUT2D eigenvalue weighted by Crippen LogP contribution is -2.35. The fraction of sp³-hybridized carbons (Fsp3) is 0.0667. The van der Waals surface area contributed by atoms with E-state index in [-0.39, 0.29) is 11.6 Å². The van der Waals surface area contributed by atoms with E-state index in [4.69, 9.17) is 23.2 Å². The number of carbonyl (C=O) groups excluding carboxylic acids is 2. The van der Waals surface area contributed by atoms with Crippen LogP contribution in [0.25, 0.3) is 0 Å². The third-order valence-corrected chi connectivity index (χ3v) is 3.25. The predicted octanol–water partition coefficient (Wildman–Crippen LogP) is 3.89. The zero-order valence-electron chi connectivity index (χ0n) is 11.7. The molecule has 5 nitrogen and oxygen atoms in total. The summed E-state index contributed by atoms with van der Waals surface area (Å²) in [4.78, 5) is 23.4. The molecule has 3 amide bonds. The maximum Gasteiger partial charge on any atom is 0.319 e. The van der Waals surface area contributed by atoms with E-state index in [1.54, 1.807) is 6.07 Å². The Bertz CT molecular complexity index is 740. The van der Waals surface area contributed by atoms with E-state index in [0.29, 0.717) is 16.4 Å². The minimum atomic E-state index is -0.608. The van der Waals surface area contributed by atoms with Crippen LogP contribution in [0.3, 0.4) is 0 Å². The first kappa shape index (κ1) is 17.1. The first-order chi connectivity index (χ1) is 10.9. The van der Waals surface area contributed by atoms with Crippen molar-refractivity contribution in [2.45, 2.75) is 0 Å². The summed E-state index contributed by atoms with van der Waals surface area (Å²) in [6.07, 6.45) is 0. The number of urea groups is 1. The molecule has 2 aromatic rings. The van der Waals surface area contributed by atoms with Crippen molar-refractivity contribution in [2.24, 2.45) is 0 Å². The number of halogens is 3. The van der Waals surface area contributed by atoms with Gasteiger partial charge in [0.05, 0.1) is 17.3 Å². The minimum absolute atomic E-state index is 0.275. The lowest BCUT2D eigenvalue weighted by Gasteiger charge is -2.09. The van der Waals surface area contributed by atoms with Crippen LogP contribution in [-0.4, -0.2) is 18.5 Å². The van der Waals surface area contributed by atoms with Crippen molar-refractivity contribution in [2.75, 3.05) is 17.2 Å². The largest absolute Gasteiger partial charge is 0.329 e. The number of amides is 3. The maximum atomic E-state index is 13.0. The van der Waals surface area contributed by atoms with E-state index in [9.17, 15) is 14.0 Å². The molecular formula is C15H12Cl2FN3O2. The summed E-state index contributed by atoms with van der Waals surface area (Å²) in [6, 6.07) is 9.42. The van der Waals surface area contributed by atoms with Crippen LogP contribution in [0.5, 0.6) is 0 Å². The molecule has 0 unspecified atom stereocenters. The number of hydrogen-bond acceptors (Lipinski definition) is 2. The monoisotopic (exact) mass is 355 g/mol. The van der Waals surface area contributed by atoms with Crippen LogP contribution >= 0.6 is 23.2 Å². The van der Waals surface area contributed by atoms with Gasteiger partial charge < -0.3 is 16.0 Å². The van der Waals surface area contributed by atoms with E-state index in [2.05, 4.69) is 16.0 Å². The molecule has 3 N–H and O–H groups in total. The summed E-state index contributed by atoms with van der Waals surface area (Å²) in [5.74, 6) is -0.959. The minimum Gasteiger partial charge on any atom is -0.329 e. The fourth-order valence-electron chi connectivity index (χ4n) is 1.69. The molecule has 0 aliphatic carbocycles. The molecule has 23 heavy (non-hydrogen) atoms. The smallest absolute Gasteiger partial charge is 0.319 e. The molecular weight excluding hydrogens is 344 g/mol. The maximum absolute atomic E-state index is 13.0. The van der Waals surface area contributed by atoms with Gasteiger partial charge in [-0.2, -0.15) is 0 Å². The van der Waals surface area contributed by atoms with Gasteiger partial charge in [0.2, 0.25) is 5.91 Å². The lowest BCUT2D eigenvalue weighted by molar-refractivity contribution is -0.115. The molecule has 0 aromatic heterocycles. The van der Waals surface area contributed by atoms with E-state index in [0.717, 1.165) is 0 Å². The summed E-state index contributed by atoms with van der Waals surface area (Å²) in [5.41, 5.74) is 0.664. The quantitative estimate of drug-likeness (QED) is 0.778. The SMILES string of the molecule is O=C(CNC(=O)Nc1ccc(Cl)cc1Cl)Nc1cccc(F)c1. The van der Waals surface area contributed by atoms with Crippen LogP contribution in [0, 0.1) is 5.82 Å². The summed E-state index contributed by atoms with van der Waals surface area (Å²) >= 11 is 11.7. The van der Waals surface area contributed by atoms with E-state index < -0.39 is 17.8 Å². The molecule has 0 fully saturated rings. The summed E-state index contributed by atoms with van der Waals surface area (Å²) in [7, 11) is 0. The van der Waals surface area contributed by atoms with Crippen LogP contribution in [0.1, 0.15) is 0 Å². The molecule has 0 heterocycles. The molecule has 0 saturated carbocycles. The summed E-state index contributed by atoms with van der Waals surface area (Å²) < 4.78 is 13.0. The Morgan fingerprint density at radius 1 is 1.04 bits per heavy atom. The highest BCUT2D eigenvalue weighted by Crippen LogP contribution is 2.25. The van der Waals surface area contributed by atoms with Gasteiger partial charge in [-0.3, -0.25) is 4.79 Å². The highest BCUT2D eigenvalue weighted by Gasteiger charge is 2.08. The Morgan fingerprint density at radius 3 is 2.52 bits per heavy atom. The normalized spacial score (nSPS) is 10.0. The molecule has 0 bridgehead atoms. The van der Waals surface area contributed by atoms with Crippen LogP contribution in [0.15, 0.2) is 42.5 Å². The van der Waals surface area contributed by atoms with Gasteiger partial charge in [0.15, 0.2) is 0 Å². The Kier molecular flexibility index (Phi) is 5.78. The Hall–Kier alpha value is -2.31. The molecule has 120 valence electrons. The van der Waals surface area contributed by atoms with Crippen molar-refractivity contribution in [3.05, 3.63) is 58.3 Å². The third kappa shape index (κ3) is 5.43. The topological polar surface area (TPSA) is 70.2 Å². The third-order valence-electron chi connectivity index (χ3n) is 2.70. The molecule has 2 aromatic carbocycles. The predicted molar refractivity (Wildman–Crippen MR) is 88.5 cm³/mol. The summed E-state index contributed by atoms with van der Waals surface area (Å²) in [5, 5.41) is 8.02. The van der Waals surface area contributed by atoms with Crippen LogP contribution in [0.2, 0.25) is 10.0 Å². The standard InChI is InChI=1S/C15H12Cl2FN3O2/c16-9-4-5-13(12(17)6-9)21-15(23)19-8-14(22)20-11-3-1-2-10(18)7-11/h1-7H,8H2,(H,20,22)(H2,19,21,23). The second-order valence-electron chi connectivity index (χ2n) is 4.49. The molecule has 0 aliphatic heterocycles. The second kappa shape index (κ2) is 7.80. The van der Waals surface area contributed by atoms with Crippen LogP contribution in [-0.2, 0) is 4.79 Å². The first-order valence-corrected chi connectivity index (χ1v) is 7.25. The van der Waals surface area contributed by atoms with Gasteiger partial charge in [0, 0.05) is 10.7 Å². The van der Waals surface area contributed by atoms with Gasteiger partial charge in [-0.1, -0.05) is 29.3 Å². The van der Waals surface area contributed by atoms with E-state index in [1.165, 1.54) is 36.4 Å². The average molecular weight is 356 g/mol. The van der Waals surface area contributed by atoms with Gasteiger partial charge in [-0.25, -0.2) is 9.18 Å². The van der Waals surface area contributed by atoms with Gasteiger partial charge in [-0.05, 0) is 36.4 Å². The number of carbonyl (C=O) groups is 2. The zero-order valence-corrected chi connectivity index (χ0v) is 13.2. The van der Waals surface area contributed by atoms with E-state index >= 15 is 0 Å². The Balaban J connectivity index is 1.83. The Morgan fingerprint density at radius 2 is 1.83 bits per heavy atom.